The number of fused-ring (bicyclic) bond motifs is 1. The number of benzene rings is 3. The second-order valence-corrected chi connectivity index (χ2v) is 11.0. The molecule has 1 N–H and O–H groups in total. The molecule has 0 aliphatic heterocycles. The summed E-state index contributed by atoms with van der Waals surface area (Å²) in [5.74, 6) is -2.51. The number of hydrogen-bond acceptors (Lipinski definition) is 6. The lowest BCUT2D eigenvalue weighted by Gasteiger charge is -2.20. The number of sulfone groups is 1. The minimum absolute atomic E-state index is 0.0773. The van der Waals surface area contributed by atoms with Crippen LogP contribution in [0.1, 0.15) is 11.1 Å². The van der Waals surface area contributed by atoms with Crippen LogP contribution < -0.4 is 4.74 Å². The topological polar surface area (TPSA) is 97.1 Å². The highest BCUT2D eigenvalue weighted by Gasteiger charge is 2.16. The van der Waals surface area contributed by atoms with Gasteiger partial charge in [0.2, 0.25) is 0 Å². The summed E-state index contributed by atoms with van der Waals surface area (Å²) in [7, 11) is -3.22. The molecule has 0 amide bonds. The summed E-state index contributed by atoms with van der Waals surface area (Å²) in [6.07, 6.45) is 2.43. The van der Waals surface area contributed by atoms with Crippen LogP contribution in [0.15, 0.2) is 71.3 Å². The van der Waals surface area contributed by atoms with Crippen molar-refractivity contribution in [2.24, 2.45) is 0 Å². The Morgan fingerprint density at radius 1 is 1.05 bits per heavy atom. The van der Waals surface area contributed by atoms with Gasteiger partial charge < -0.3 is 14.3 Å². The molecule has 4 rings (SSSR count). The highest BCUT2D eigenvalue weighted by atomic mass is 32.2. The lowest BCUT2D eigenvalue weighted by molar-refractivity contribution is -0.138. The van der Waals surface area contributed by atoms with Gasteiger partial charge >= 0.3 is 5.97 Å². The van der Waals surface area contributed by atoms with E-state index in [0.717, 1.165) is 23.4 Å². The molecule has 37 heavy (non-hydrogen) atoms. The molecule has 1 aromatic heterocycles. The Hall–Kier alpha value is -3.76. The van der Waals surface area contributed by atoms with Crippen LogP contribution in [-0.2, 0) is 27.8 Å². The second-order valence-electron chi connectivity index (χ2n) is 8.75. The monoisotopic (exact) mass is 529 g/mol. The number of nitrogens with zero attached hydrogens (tertiary/aromatic N) is 1. The Kier molecular flexibility index (Phi) is 7.89. The molecule has 0 saturated carbocycles. The van der Waals surface area contributed by atoms with Crippen molar-refractivity contribution in [2.45, 2.75) is 13.2 Å². The number of hydrogen-bond donors (Lipinski definition) is 1. The number of furan rings is 1. The Bertz CT molecular complexity index is 1520. The maximum absolute atomic E-state index is 14.0. The number of rotatable bonds is 11. The molecule has 0 aliphatic rings. The van der Waals surface area contributed by atoms with Crippen LogP contribution in [0.25, 0.3) is 22.1 Å². The number of ether oxygens (including phenoxy) is 1. The van der Waals surface area contributed by atoms with Crippen molar-refractivity contribution in [3.05, 3.63) is 89.7 Å². The lowest BCUT2D eigenvalue weighted by Crippen LogP contribution is -2.33. The summed E-state index contributed by atoms with van der Waals surface area (Å²) < 4.78 is 62.2. The Morgan fingerprint density at radius 3 is 2.49 bits per heavy atom. The molecule has 0 saturated heterocycles. The number of carboxylic acid groups (broad SMARTS) is 1. The maximum Gasteiger partial charge on any atom is 0.317 e. The predicted molar refractivity (Wildman–Crippen MR) is 135 cm³/mol. The molecule has 0 radical (unpaired) electrons. The van der Waals surface area contributed by atoms with Gasteiger partial charge in [-0.15, -0.1) is 0 Å². The van der Waals surface area contributed by atoms with Crippen LogP contribution in [0.3, 0.4) is 0 Å². The molecular formula is C27H25F2NO6S. The first-order valence-electron chi connectivity index (χ1n) is 11.4. The van der Waals surface area contributed by atoms with Crippen LogP contribution >= 0.6 is 0 Å². The second kappa shape index (κ2) is 11.1. The summed E-state index contributed by atoms with van der Waals surface area (Å²) in [5, 5.41) is 9.24. The molecule has 10 heteroatoms. The van der Waals surface area contributed by atoms with E-state index in [1.54, 1.807) is 29.2 Å². The van der Waals surface area contributed by atoms with Gasteiger partial charge in [0, 0.05) is 24.9 Å². The molecule has 0 bridgehead atoms. The third kappa shape index (κ3) is 6.93. The van der Waals surface area contributed by atoms with Gasteiger partial charge in [-0.3, -0.25) is 9.69 Å². The largest absolute Gasteiger partial charge is 0.489 e. The van der Waals surface area contributed by atoms with Crippen molar-refractivity contribution in [2.75, 3.05) is 25.1 Å². The van der Waals surface area contributed by atoms with Gasteiger partial charge in [-0.2, -0.15) is 0 Å². The zero-order valence-corrected chi connectivity index (χ0v) is 20.8. The normalized spacial score (nSPS) is 11.8. The van der Waals surface area contributed by atoms with Crippen molar-refractivity contribution >= 4 is 26.8 Å². The molecule has 4 aromatic rings. The minimum atomic E-state index is -3.22. The van der Waals surface area contributed by atoms with E-state index in [9.17, 15) is 22.0 Å². The summed E-state index contributed by atoms with van der Waals surface area (Å²) in [5.41, 5.74) is 3.00. The van der Waals surface area contributed by atoms with E-state index < -0.39 is 27.4 Å². The fourth-order valence-corrected chi connectivity index (χ4v) is 4.55. The zero-order chi connectivity index (χ0) is 26.6. The van der Waals surface area contributed by atoms with Gasteiger partial charge in [0.15, 0.2) is 11.6 Å². The fourth-order valence-electron chi connectivity index (χ4n) is 3.96. The third-order valence-corrected chi connectivity index (χ3v) is 6.66. The predicted octanol–water partition coefficient (Wildman–Crippen LogP) is 4.89. The van der Waals surface area contributed by atoms with Crippen molar-refractivity contribution in [1.82, 2.24) is 4.90 Å². The lowest BCUT2D eigenvalue weighted by atomic mass is 10.0. The first kappa shape index (κ1) is 26.3. The van der Waals surface area contributed by atoms with E-state index in [0.29, 0.717) is 16.9 Å². The summed E-state index contributed by atoms with van der Waals surface area (Å²) >= 11 is 0. The maximum atomic E-state index is 14.0. The van der Waals surface area contributed by atoms with Gasteiger partial charge in [0.05, 0.1) is 23.9 Å². The van der Waals surface area contributed by atoms with E-state index in [2.05, 4.69) is 0 Å². The van der Waals surface area contributed by atoms with E-state index in [1.807, 2.05) is 24.3 Å². The van der Waals surface area contributed by atoms with E-state index in [-0.39, 0.29) is 43.0 Å². The third-order valence-electron chi connectivity index (χ3n) is 5.73. The van der Waals surface area contributed by atoms with Crippen molar-refractivity contribution in [1.29, 1.82) is 0 Å². The van der Waals surface area contributed by atoms with Gasteiger partial charge in [-0.25, -0.2) is 17.2 Å². The zero-order valence-electron chi connectivity index (χ0n) is 20.0. The molecule has 0 fully saturated rings. The molecule has 194 valence electrons. The van der Waals surface area contributed by atoms with Crippen molar-refractivity contribution < 1.29 is 36.3 Å². The molecule has 0 atom stereocenters. The number of aliphatic carboxylic acids is 1. The van der Waals surface area contributed by atoms with Crippen molar-refractivity contribution in [3.8, 4) is 16.9 Å². The molecule has 7 nitrogen and oxygen atoms in total. The van der Waals surface area contributed by atoms with Crippen LogP contribution in [-0.4, -0.2) is 49.5 Å². The summed E-state index contributed by atoms with van der Waals surface area (Å²) in [4.78, 5) is 12.8. The van der Waals surface area contributed by atoms with Crippen LogP contribution in [0, 0.1) is 11.6 Å². The number of carbonyl (C=O) groups is 1. The van der Waals surface area contributed by atoms with Crippen LogP contribution in [0.5, 0.6) is 5.75 Å². The highest BCUT2D eigenvalue weighted by Crippen LogP contribution is 2.33. The summed E-state index contributed by atoms with van der Waals surface area (Å²) in [6.45, 7) is 0.355. The first-order chi connectivity index (χ1) is 17.6. The van der Waals surface area contributed by atoms with Gasteiger partial charge in [0.1, 0.15) is 27.8 Å². The average Bonchev–Trinajstić information content (AvgIpc) is 3.34. The fraction of sp³-hybridized carbons (Fsp3) is 0.222. The average molecular weight is 530 g/mol. The molecule has 3 aromatic carbocycles. The SMILES string of the molecule is CS(=O)(=O)CCN(CC(=O)O)Cc1cccc(COc2ccc(-c3cc(F)c(F)c4ccoc34)cc2)c1. The van der Waals surface area contributed by atoms with Gasteiger partial charge in [-0.05, 0) is 41.0 Å². The molecule has 0 aliphatic carbocycles. The first-order valence-corrected chi connectivity index (χ1v) is 13.4. The van der Waals surface area contributed by atoms with Gasteiger partial charge in [0.25, 0.3) is 0 Å². The van der Waals surface area contributed by atoms with E-state index in [1.165, 1.54) is 12.3 Å². The standard InChI is InChI=1S/C27H25F2NO6S/c1-37(33,34)12-10-30(16-25(31)32)15-18-3-2-4-19(13-18)17-36-21-7-5-20(6-8-21)23-14-24(28)26(29)22-9-11-35-27(22)23/h2-9,11,13-14H,10,12,15-17H2,1H3,(H,31,32). The Balaban J connectivity index is 1.42. The van der Waals surface area contributed by atoms with E-state index >= 15 is 0 Å². The van der Waals surface area contributed by atoms with Crippen molar-refractivity contribution in [3.63, 3.8) is 0 Å². The van der Waals surface area contributed by atoms with Crippen LogP contribution in [0.4, 0.5) is 8.78 Å². The smallest absolute Gasteiger partial charge is 0.317 e. The minimum Gasteiger partial charge on any atom is -0.489 e. The molecular weight excluding hydrogens is 504 g/mol. The molecule has 0 spiro atoms. The highest BCUT2D eigenvalue weighted by molar-refractivity contribution is 7.90. The Labute approximate surface area is 212 Å². The quantitative estimate of drug-likeness (QED) is 0.296. The molecule has 0 unspecified atom stereocenters. The van der Waals surface area contributed by atoms with Gasteiger partial charge in [-0.1, -0.05) is 36.4 Å². The number of carboxylic acids is 1. The Morgan fingerprint density at radius 2 is 1.78 bits per heavy atom. The van der Waals surface area contributed by atoms with E-state index in [4.69, 9.17) is 14.3 Å². The summed E-state index contributed by atoms with van der Waals surface area (Å²) in [6, 6.07) is 16.8. The number of halogens is 2. The molecule has 1 heterocycles. The van der Waals surface area contributed by atoms with Crippen LogP contribution in [0.2, 0.25) is 0 Å².